The molecule has 3 heteroatoms. The molecule has 1 heterocycles. The van der Waals surface area contributed by atoms with Crippen LogP contribution in [0.25, 0.3) is 0 Å². The van der Waals surface area contributed by atoms with Gasteiger partial charge < -0.3 is 10.2 Å². The van der Waals surface area contributed by atoms with Crippen molar-refractivity contribution in [1.82, 2.24) is 5.32 Å². The summed E-state index contributed by atoms with van der Waals surface area (Å²) in [5, 5.41) is 3.35. The average molecular weight is 274 g/mol. The Morgan fingerprint density at radius 1 is 1.15 bits per heavy atom. The summed E-state index contributed by atoms with van der Waals surface area (Å²) >= 11 is 0. The minimum absolute atomic E-state index is 0.206. The number of anilines is 1. The van der Waals surface area contributed by atoms with E-state index in [2.05, 4.69) is 22.3 Å². The van der Waals surface area contributed by atoms with Gasteiger partial charge in [0.1, 0.15) is 0 Å². The SMILES string of the molecule is CNC1CCN(c2ccc(C(=O)C(C)(C)C)cc2)CC1. The molecule has 0 amide bonds. The first-order valence-electron chi connectivity index (χ1n) is 7.49. The minimum Gasteiger partial charge on any atom is -0.371 e. The maximum absolute atomic E-state index is 12.2. The molecule has 20 heavy (non-hydrogen) atoms. The van der Waals surface area contributed by atoms with E-state index in [4.69, 9.17) is 0 Å². The monoisotopic (exact) mass is 274 g/mol. The molecule has 1 aliphatic rings. The Labute approximate surface area is 122 Å². The normalized spacial score (nSPS) is 17.3. The quantitative estimate of drug-likeness (QED) is 0.860. The van der Waals surface area contributed by atoms with E-state index in [1.807, 2.05) is 40.0 Å². The smallest absolute Gasteiger partial charge is 0.168 e. The molecule has 0 saturated carbocycles. The van der Waals surface area contributed by atoms with Gasteiger partial charge >= 0.3 is 0 Å². The zero-order chi connectivity index (χ0) is 14.8. The number of hydrogen-bond acceptors (Lipinski definition) is 3. The molecule has 1 saturated heterocycles. The van der Waals surface area contributed by atoms with Crippen molar-refractivity contribution in [3.05, 3.63) is 29.8 Å². The second-order valence-electron chi connectivity index (χ2n) is 6.68. The standard InChI is InChI=1S/C17H26N2O/c1-17(2,3)16(20)13-5-7-15(8-6-13)19-11-9-14(18-4)10-12-19/h5-8,14,18H,9-12H2,1-4H3. The number of nitrogens with one attached hydrogen (secondary N) is 1. The topological polar surface area (TPSA) is 32.3 Å². The van der Waals surface area contributed by atoms with Crippen LogP contribution in [0.5, 0.6) is 0 Å². The molecule has 0 spiro atoms. The maximum atomic E-state index is 12.2. The second kappa shape index (κ2) is 5.96. The Hall–Kier alpha value is -1.35. The second-order valence-corrected chi connectivity index (χ2v) is 6.68. The summed E-state index contributed by atoms with van der Waals surface area (Å²) in [7, 11) is 2.03. The van der Waals surface area contributed by atoms with Crippen LogP contribution in [0.4, 0.5) is 5.69 Å². The lowest BCUT2D eigenvalue weighted by Crippen LogP contribution is -2.41. The summed E-state index contributed by atoms with van der Waals surface area (Å²) in [5.41, 5.74) is 1.73. The summed E-state index contributed by atoms with van der Waals surface area (Å²) in [6, 6.07) is 8.74. The maximum Gasteiger partial charge on any atom is 0.168 e. The van der Waals surface area contributed by atoms with E-state index in [-0.39, 0.29) is 11.2 Å². The Morgan fingerprint density at radius 3 is 2.15 bits per heavy atom. The summed E-state index contributed by atoms with van der Waals surface area (Å²) < 4.78 is 0. The summed E-state index contributed by atoms with van der Waals surface area (Å²) in [6.07, 6.45) is 2.36. The largest absolute Gasteiger partial charge is 0.371 e. The minimum atomic E-state index is -0.313. The van der Waals surface area contributed by atoms with Crippen molar-refractivity contribution in [2.75, 3.05) is 25.0 Å². The lowest BCUT2D eigenvalue weighted by molar-refractivity contribution is 0.0858. The summed E-state index contributed by atoms with van der Waals surface area (Å²) in [4.78, 5) is 14.6. The summed E-state index contributed by atoms with van der Waals surface area (Å²) in [5.74, 6) is 0.206. The summed E-state index contributed by atoms with van der Waals surface area (Å²) in [6.45, 7) is 8.06. The molecular formula is C17H26N2O. The van der Waals surface area contributed by atoms with E-state index >= 15 is 0 Å². The highest BCUT2D eigenvalue weighted by Gasteiger charge is 2.23. The highest BCUT2D eigenvalue weighted by Crippen LogP contribution is 2.24. The van der Waals surface area contributed by atoms with E-state index in [1.165, 1.54) is 18.5 Å². The van der Waals surface area contributed by atoms with Gasteiger partial charge in [0.2, 0.25) is 0 Å². The number of rotatable bonds is 3. The Bertz CT molecular complexity index is 451. The van der Waals surface area contributed by atoms with Gasteiger partial charge in [-0.1, -0.05) is 20.8 Å². The van der Waals surface area contributed by atoms with Crippen LogP contribution < -0.4 is 10.2 Å². The first-order chi connectivity index (χ1) is 9.41. The molecule has 0 aromatic heterocycles. The number of nitrogens with zero attached hydrogens (tertiary/aromatic N) is 1. The van der Waals surface area contributed by atoms with E-state index < -0.39 is 0 Å². The van der Waals surface area contributed by atoms with Crippen molar-refractivity contribution in [1.29, 1.82) is 0 Å². The lowest BCUT2D eigenvalue weighted by atomic mass is 9.86. The van der Waals surface area contributed by atoms with Gasteiger partial charge in [-0.25, -0.2) is 0 Å². The van der Waals surface area contributed by atoms with E-state index in [9.17, 15) is 4.79 Å². The van der Waals surface area contributed by atoms with Gasteiger partial charge in [0, 0.05) is 35.8 Å². The zero-order valence-electron chi connectivity index (χ0n) is 13.1. The first-order valence-corrected chi connectivity index (χ1v) is 7.49. The molecule has 1 N–H and O–H groups in total. The predicted octanol–water partition coefficient (Wildman–Crippen LogP) is 3.10. The van der Waals surface area contributed by atoms with Gasteiger partial charge in [0.05, 0.1) is 0 Å². The van der Waals surface area contributed by atoms with Crippen LogP contribution in [-0.2, 0) is 0 Å². The van der Waals surface area contributed by atoms with Gasteiger partial charge in [0.25, 0.3) is 0 Å². The molecule has 3 nitrogen and oxygen atoms in total. The Morgan fingerprint density at radius 2 is 1.70 bits per heavy atom. The van der Waals surface area contributed by atoms with Gasteiger partial charge in [-0.15, -0.1) is 0 Å². The molecule has 0 aliphatic carbocycles. The molecule has 1 fully saturated rings. The third-order valence-corrected chi connectivity index (χ3v) is 4.08. The van der Waals surface area contributed by atoms with Crippen LogP contribution in [-0.4, -0.2) is 32.0 Å². The van der Waals surface area contributed by atoms with Crippen molar-refractivity contribution < 1.29 is 4.79 Å². The van der Waals surface area contributed by atoms with Crippen LogP contribution in [0, 0.1) is 5.41 Å². The van der Waals surface area contributed by atoms with Crippen LogP contribution in [0.1, 0.15) is 44.0 Å². The van der Waals surface area contributed by atoms with Crippen LogP contribution >= 0.6 is 0 Å². The third-order valence-electron chi connectivity index (χ3n) is 4.08. The molecule has 0 bridgehead atoms. The highest BCUT2D eigenvalue weighted by atomic mass is 16.1. The van der Waals surface area contributed by atoms with Crippen molar-refractivity contribution >= 4 is 11.5 Å². The van der Waals surface area contributed by atoms with Crippen LogP contribution in [0.15, 0.2) is 24.3 Å². The number of carbonyl (C=O) groups excluding carboxylic acids is 1. The third kappa shape index (κ3) is 3.40. The van der Waals surface area contributed by atoms with Crippen molar-refractivity contribution in [3.63, 3.8) is 0 Å². The van der Waals surface area contributed by atoms with E-state index in [1.54, 1.807) is 0 Å². The molecular weight excluding hydrogens is 248 g/mol. The van der Waals surface area contributed by atoms with Crippen molar-refractivity contribution in [2.45, 2.75) is 39.7 Å². The molecule has 1 aliphatic heterocycles. The fourth-order valence-electron chi connectivity index (χ4n) is 2.68. The molecule has 0 unspecified atom stereocenters. The highest BCUT2D eigenvalue weighted by molar-refractivity contribution is 6.00. The fraction of sp³-hybridized carbons (Fsp3) is 0.588. The molecule has 1 aromatic rings. The average Bonchev–Trinajstić information content (AvgIpc) is 2.46. The van der Waals surface area contributed by atoms with Gasteiger partial charge in [0.15, 0.2) is 5.78 Å². The van der Waals surface area contributed by atoms with Gasteiger partial charge in [-0.05, 0) is 44.2 Å². The molecule has 0 atom stereocenters. The van der Waals surface area contributed by atoms with E-state index in [0.29, 0.717) is 6.04 Å². The fourth-order valence-corrected chi connectivity index (χ4v) is 2.68. The molecule has 2 rings (SSSR count). The number of Topliss-reactive ketones (excluding diaryl/α,β-unsaturated/α-hetero) is 1. The number of piperidine rings is 1. The molecule has 110 valence electrons. The number of ketones is 1. The molecule has 1 aromatic carbocycles. The first kappa shape index (κ1) is 15.0. The van der Waals surface area contributed by atoms with Crippen molar-refractivity contribution in [2.24, 2.45) is 5.41 Å². The van der Waals surface area contributed by atoms with Gasteiger partial charge in [-0.3, -0.25) is 4.79 Å². The van der Waals surface area contributed by atoms with E-state index in [0.717, 1.165) is 18.7 Å². The van der Waals surface area contributed by atoms with Gasteiger partial charge in [-0.2, -0.15) is 0 Å². The lowest BCUT2D eigenvalue weighted by Gasteiger charge is -2.33. The van der Waals surface area contributed by atoms with Crippen LogP contribution in [0.3, 0.4) is 0 Å². The Kier molecular flexibility index (Phi) is 4.48. The number of benzene rings is 1. The number of carbonyl (C=O) groups is 1. The predicted molar refractivity (Wildman–Crippen MR) is 84.5 cm³/mol. The number of hydrogen-bond donors (Lipinski definition) is 1. The van der Waals surface area contributed by atoms with Crippen LogP contribution in [0.2, 0.25) is 0 Å². The molecule has 0 radical (unpaired) electrons. The zero-order valence-corrected chi connectivity index (χ0v) is 13.1. The van der Waals surface area contributed by atoms with Crippen molar-refractivity contribution in [3.8, 4) is 0 Å². The Balaban J connectivity index is 2.04.